The molecule has 0 atom stereocenters. The smallest absolute Gasteiger partial charge is 0.353 e. The Morgan fingerprint density at radius 3 is 2.61 bits per heavy atom. The van der Waals surface area contributed by atoms with E-state index < -0.39 is 11.7 Å². The first-order valence-electron chi connectivity index (χ1n) is 5.51. The molecular weight excluding hydrogens is 309 g/mol. The van der Waals surface area contributed by atoms with Crippen molar-refractivity contribution in [2.75, 3.05) is 18.0 Å². The molecule has 0 aromatic carbocycles. The molecule has 0 unspecified atom stereocenters. The lowest BCUT2D eigenvalue weighted by atomic mass is 10.1. The maximum Gasteiger partial charge on any atom is 0.412 e. The Hall–Kier alpha value is -1.04. The molecule has 18 heavy (non-hydrogen) atoms. The largest absolute Gasteiger partial charge is 0.412 e. The van der Waals surface area contributed by atoms with Crippen LogP contribution < -0.4 is 4.90 Å². The Balaban J connectivity index is 2.14. The molecule has 1 aromatic rings. The van der Waals surface area contributed by atoms with Crippen LogP contribution in [0, 0.1) is 6.92 Å². The van der Waals surface area contributed by atoms with E-state index >= 15 is 0 Å². The first-order chi connectivity index (χ1) is 8.38. The van der Waals surface area contributed by atoms with Gasteiger partial charge >= 0.3 is 6.18 Å². The number of anilines is 1. The Morgan fingerprint density at radius 2 is 2.11 bits per heavy atom. The highest BCUT2D eigenvalue weighted by Gasteiger charge is 2.34. The van der Waals surface area contributed by atoms with Crippen LogP contribution in [-0.4, -0.2) is 24.2 Å². The van der Waals surface area contributed by atoms with E-state index in [1.165, 1.54) is 6.08 Å². The van der Waals surface area contributed by atoms with E-state index in [9.17, 15) is 13.2 Å². The van der Waals surface area contributed by atoms with E-state index in [-0.39, 0.29) is 13.0 Å². The summed E-state index contributed by atoms with van der Waals surface area (Å²) in [4.78, 5) is 6.06. The Kier molecular flexibility index (Phi) is 3.66. The first-order valence-corrected chi connectivity index (χ1v) is 6.30. The molecule has 0 amide bonds. The van der Waals surface area contributed by atoms with Gasteiger partial charge in [-0.05, 0) is 40.9 Å². The molecule has 2 rings (SSSR count). The van der Waals surface area contributed by atoms with Gasteiger partial charge in [0.1, 0.15) is 5.82 Å². The predicted molar refractivity (Wildman–Crippen MR) is 67.6 cm³/mol. The van der Waals surface area contributed by atoms with Crippen LogP contribution in [0.5, 0.6) is 0 Å². The summed E-state index contributed by atoms with van der Waals surface area (Å²) in [7, 11) is 0. The van der Waals surface area contributed by atoms with Crippen LogP contribution in [0.3, 0.4) is 0 Å². The summed E-state index contributed by atoms with van der Waals surface area (Å²) in [6.45, 7) is 2.53. The second-order valence-corrected chi connectivity index (χ2v) is 5.07. The lowest BCUT2D eigenvalue weighted by Crippen LogP contribution is -2.32. The molecule has 1 aliphatic rings. The van der Waals surface area contributed by atoms with Crippen LogP contribution in [0.2, 0.25) is 0 Å². The van der Waals surface area contributed by atoms with Gasteiger partial charge in [-0.3, -0.25) is 0 Å². The molecular formula is C12H12BrF3N2. The molecule has 1 aromatic heterocycles. The highest BCUT2D eigenvalue weighted by Crippen LogP contribution is 2.31. The molecule has 1 aliphatic heterocycles. The maximum absolute atomic E-state index is 12.5. The molecule has 2 heterocycles. The van der Waals surface area contributed by atoms with E-state index in [0.29, 0.717) is 12.4 Å². The number of aromatic nitrogens is 1. The van der Waals surface area contributed by atoms with Crippen molar-refractivity contribution in [1.82, 2.24) is 4.98 Å². The van der Waals surface area contributed by atoms with Gasteiger partial charge in [-0.1, -0.05) is 6.08 Å². The zero-order chi connectivity index (χ0) is 13.3. The maximum atomic E-state index is 12.5. The van der Waals surface area contributed by atoms with Gasteiger partial charge < -0.3 is 4.90 Å². The second kappa shape index (κ2) is 4.91. The second-order valence-electron chi connectivity index (χ2n) is 4.21. The SMILES string of the molecule is Cc1cc(N2CC=C(C(F)(F)F)CC2)ncc1Br. The number of alkyl halides is 3. The Labute approximate surface area is 112 Å². The van der Waals surface area contributed by atoms with E-state index in [4.69, 9.17) is 0 Å². The van der Waals surface area contributed by atoms with Crippen molar-refractivity contribution in [3.8, 4) is 0 Å². The van der Waals surface area contributed by atoms with E-state index in [2.05, 4.69) is 20.9 Å². The van der Waals surface area contributed by atoms with Crippen LogP contribution in [0.15, 0.2) is 28.4 Å². The predicted octanol–water partition coefficient (Wildman–Crippen LogP) is 3.85. The molecule has 0 saturated heterocycles. The van der Waals surface area contributed by atoms with Gasteiger partial charge in [0.25, 0.3) is 0 Å². The summed E-state index contributed by atoms with van der Waals surface area (Å²) in [5.74, 6) is 0.716. The van der Waals surface area contributed by atoms with Crippen molar-refractivity contribution < 1.29 is 13.2 Å². The van der Waals surface area contributed by atoms with Gasteiger partial charge in [-0.2, -0.15) is 13.2 Å². The van der Waals surface area contributed by atoms with Crippen molar-refractivity contribution in [2.45, 2.75) is 19.5 Å². The van der Waals surface area contributed by atoms with E-state index in [1.807, 2.05) is 17.9 Å². The molecule has 0 saturated carbocycles. The first kappa shape index (κ1) is 13.4. The van der Waals surface area contributed by atoms with Crippen LogP contribution in [0.4, 0.5) is 19.0 Å². The molecule has 98 valence electrons. The van der Waals surface area contributed by atoms with E-state index in [0.717, 1.165) is 10.0 Å². The Morgan fingerprint density at radius 1 is 1.39 bits per heavy atom. The van der Waals surface area contributed by atoms with Crippen LogP contribution in [-0.2, 0) is 0 Å². The fourth-order valence-electron chi connectivity index (χ4n) is 1.83. The normalized spacial score (nSPS) is 16.7. The topological polar surface area (TPSA) is 16.1 Å². The summed E-state index contributed by atoms with van der Waals surface area (Å²) >= 11 is 3.35. The number of rotatable bonds is 1. The fraction of sp³-hybridized carbons (Fsp3) is 0.417. The van der Waals surface area contributed by atoms with Crippen molar-refractivity contribution in [3.05, 3.63) is 33.9 Å². The zero-order valence-electron chi connectivity index (χ0n) is 9.76. The zero-order valence-corrected chi connectivity index (χ0v) is 11.3. The minimum atomic E-state index is -4.20. The van der Waals surface area contributed by atoms with Gasteiger partial charge in [-0.15, -0.1) is 0 Å². The lowest BCUT2D eigenvalue weighted by molar-refractivity contribution is -0.0944. The average Bonchev–Trinajstić information content (AvgIpc) is 2.32. The van der Waals surface area contributed by atoms with Crippen molar-refractivity contribution in [2.24, 2.45) is 0 Å². The number of halogens is 4. The molecule has 0 bridgehead atoms. The molecule has 0 fully saturated rings. The minimum Gasteiger partial charge on any atom is -0.353 e. The number of hydrogen-bond donors (Lipinski definition) is 0. The molecule has 0 spiro atoms. The van der Waals surface area contributed by atoms with Gasteiger partial charge in [-0.25, -0.2) is 4.98 Å². The summed E-state index contributed by atoms with van der Waals surface area (Å²) in [6, 6.07) is 1.87. The molecule has 0 N–H and O–H groups in total. The van der Waals surface area contributed by atoms with Gasteiger partial charge in [0.05, 0.1) is 0 Å². The number of aryl methyl sites for hydroxylation is 1. The monoisotopic (exact) mass is 320 g/mol. The van der Waals surface area contributed by atoms with Gasteiger partial charge in [0, 0.05) is 29.3 Å². The third-order valence-corrected chi connectivity index (χ3v) is 3.76. The third-order valence-electron chi connectivity index (χ3n) is 2.93. The number of pyridine rings is 1. The Bertz CT molecular complexity index is 483. The highest BCUT2D eigenvalue weighted by molar-refractivity contribution is 9.10. The van der Waals surface area contributed by atoms with Crippen LogP contribution >= 0.6 is 15.9 Å². The van der Waals surface area contributed by atoms with Crippen molar-refractivity contribution in [1.29, 1.82) is 0 Å². The summed E-state index contributed by atoms with van der Waals surface area (Å²) < 4.78 is 38.3. The van der Waals surface area contributed by atoms with Gasteiger partial charge in [0.2, 0.25) is 0 Å². The molecule has 2 nitrogen and oxygen atoms in total. The van der Waals surface area contributed by atoms with Gasteiger partial charge in [0.15, 0.2) is 0 Å². The standard InChI is InChI=1S/C12H12BrF3N2/c1-8-6-11(17-7-10(8)13)18-4-2-9(3-5-18)12(14,15)16/h2,6-7H,3-5H2,1H3. The third kappa shape index (κ3) is 2.85. The lowest BCUT2D eigenvalue weighted by Gasteiger charge is -2.28. The van der Waals surface area contributed by atoms with Crippen molar-refractivity contribution >= 4 is 21.7 Å². The highest BCUT2D eigenvalue weighted by atomic mass is 79.9. The van der Waals surface area contributed by atoms with Crippen LogP contribution in [0.1, 0.15) is 12.0 Å². The summed E-state index contributed by atoms with van der Waals surface area (Å²) in [5.41, 5.74) is 0.582. The number of nitrogens with zero attached hydrogens (tertiary/aromatic N) is 2. The number of hydrogen-bond acceptors (Lipinski definition) is 2. The molecule has 6 heteroatoms. The summed E-state index contributed by atoms with van der Waals surface area (Å²) in [6.07, 6.45) is -1.27. The molecule has 0 radical (unpaired) electrons. The van der Waals surface area contributed by atoms with Crippen molar-refractivity contribution in [3.63, 3.8) is 0 Å². The molecule has 0 aliphatic carbocycles. The van der Waals surface area contributed by atoms with E-state index in [1.54, 1.807) is 6.20 Å². The van der Waals surface area contributed by atoms with Crippen LogP contribution in [0.25, 0.3) is 0 Å². The quantitative estimate of drug-likeness (QED) is 0.731. The fourth-order valence-corrected chi connectivity index (χ4v) is 2.05. The minimum absolute atomic E-state index is 0.0142. The summed E-state index contributed by atoms with van der Waals surface area (Å²) in [5, 5.41) is 0. The average molecular weight is 321 g/mol.